The summed E-state index contributed by atoms with van der Waals surface area (Å²) in [7, 11) is 1.68. The first-order chi connectivity index (χ1) is 11.5. The number of nitriles is 1. The Morgan fingerprint density at radius 2 is 2.00 bits per heavy atom. The van der Waals surface area contributed by atoms with E-state index in [1.165, 1.54) is 23.5 Å². The second kappa shape index (κ2) is 6.60. The van der Waals surface area contributed by atoms with Crippen molar-refractivity contribution in [3.8, 4) is 6.07 Å². The van der Waals surface area contributed by atoms with Gasteiger partial charge in [-0.2, -0.15) is 5.26 Å². The maximum Gasteiger partial charge on any atom is 0.265 e. The molecule has 0 aliphatic carbocycles. The molecule has 3 rings (SSSR count). The van der Waals surface area contributed by atoms with Gasteiger partial charge in [0.15, 0.2) is 0 Å². The van der Waals surface area contributed by atoms with E-state index in [1.807, 2.05) is 12.1 Å². The van der Waals surface area contributed by atoms with Gasteiger partial charge in [0.1, 0.15) is 10.7 Å². The van der Waals surface area contributed by atoms with Crippen molar-refractivity contribution in [1.82, 2.24) is 4.90 Å². The third kappa shape index (κ3) is 3.12. The summed E-state index contributed by atoms with van der Waals surface area (Å²) in [5.41, 5.74) is 1.48. The molecule has 120 valence electrons. The molecular weight excluding hydrogens is 347 g/mol. The van der Waals surface area contributed by atoms with E-state index < -0.39 is 0 Å². The minimum absolute atomic E-state index is 0.217. The Morgan fingerprint density at radius 1 is 1.29 bits per heavy atom. The normalized spacial score (nSPS) is 10.6. The molecule has 0 unspecified atom stereocenters. The third-order valence-corrected chi connectivity index (χ3v) is 5.28. The molecule has 0 aliphatic rings. The van der Waals surface area contributed by atoms with Gasteiger partial charge in [-0.25, -0.2) is 4.39 Å². The van der Waals surface area contributed by atoms with Crippen LogP contribution in [0.1, 0.15) is 20.8 Å². The third-order valence-electron chi connectivity index (χ3n) is 3.64. The van der Waals surface area contributed by atoms with Crippen LogP contribution in [0.15, 0.2) is 42.5 Å². The highest BCUT2D eigenvalue weighted by Gasteiger charge is 2.20. The Bertz CT molecular complexity index is 960. The summed E-state index contributed by atoms with van der Waals surface area (Å²) in [6.07, 6.45) is 0. The van der Waals surface area contributed by atoms with E-state index in [2.05, 4.69) is 6.07 Å². The molecule has 6 heteroatoms. The van der Waals surface area contributed by atoms with Gasteiger partial charge in [0.25, 0.3) is 5.91 Å². The van der Waals surface area contributed by atoms with Gasteiger partial charge < -0.3 is 4.90 Å². The van der Waals surface area contributed by atoms with Crippen molar-refractivity contribution in [2.75, 3.05) is 7.05 Å². The van der Waals surface area contributed by atoms with Crippen LogP contribution in [0.25, 0.3) is 10.1 Å². The molecule has 24 heavy (non-hydrogen) atoms. The van der Waals surface area contributed by atoms with Gasteiger partial charge in [-0.05, 0) is 35.9 Å². The molecule has 0 fully saturated rings. The number of rotatable bonds is 3. The minimum Gasteiger partial charge on any atom is -0.337 e. The lowest BCUT2D eigenvalue weighted by molar-refractivity contribution is 0.0790. The van der Waals surface area contributed by atoms with Crippen molar-refractivity contribution in [3.63, 3.8) is 0 Å². The molecular formula is C18H12ClFN2OS. The number of carbonyl (C=O) groups excluding carboxylic acids is 1. The van der Waals surface area contributed by atoms with E-state index in [1.54, 1.807) is 30.1 Å². The number of fused-ring (bicyclic) bond motifs is 1. The number of carbonyl (C=O) groups is 1. The van der Waals surface area contributed by atoms with Crippen LogP contribution in [0, 0.1) is 17.1 Å². The highest BCUT2D eigenvalue weighted by Crippen LogP contribution is 2.36. The van der Waals surface area contributed by atoms with E-state index >= 15 is 0 Å². The molecule has 0 spiro atoms. The molecule has 0 bridgehead atoms. The molecule has 0 saturated heterocycles. The number of thiophene rings is 1. The Hall–Kier alpha value is -2.42. The maximum atomic E-state index is 13.3. The predicted molar refractivity (Wildman–Crippen MR) is 93.7 cm³/mol. The SMILES string of the molecule is CN(Cc1ccc(C#N)cc1)C(=O)c1sc2cc(F)ccc2c1Cl. The molecule has 1 heterocycles. The van der Waals surface area contributed by atoms with Gasteiger partial charge >= 0.3 is 0 Å². The van der Waals surface area contributed by atoms with Crippen molar-refractivity contribution in [2.24, 2.45) is 0 Å². The second-order valence-electron chi connectivity index (χ2n) is 5.36. The maximum absolute atomic E-state index is 13.3. The molecule has 1 aromatic heterocycles. The summed E-state index contributed by atoms with van der Waals surface area (Å²) >= 11 is 7.48. The van der Waals surface area contributed by atoms with Crippen LogP contribution in [0.5, 0.6) is 0 Å². The van der Waals surface area contributed by atoms with Crippen molar-refractivity contribution in [1.29, 1.82) is 5.26 Å². The largest absolute Gasteiger partial charge is 0.337 e. The van der Waals surface area contributed by atoms with E-state index in [9.17, 15) is 9.18 Å². The first kappa shape index (κ1) is 16.4. The fourth-order valence-electron chi connectivity index (χ4n) is 2.38. The topological polar surface area (TPSA) is 44.1 Å². The van der Waals surface area contributed by atoms with Gasteiger partial charge in [0, 0.05) is 23.7 Å². The van der Waals surface area contributed by atoms with Crippen LogP contribution in [-0.2, 0) is 6.54 Å². The zero-order valence-corrected chi connectivity index (χ0v) is 14.3. The van der Waals surface area contributed by atoms with Crippen molar-refractivity contribution < 1.29 is 9.18 Å². The number of hydrogen-bond acceptors (Lipinski definition) is 3. The van der Waals surface area contributed by atoms with Crippen LogP contribution in [0.4, 0.5) is 4.39 Å². The fraction of sp³-hybridized carbons (Fsp3) is 0.111. The Balaban J connectivity index is 1.85. The lowest BCUT2D eigenvalue weighted by atomic mass is 10.1. The molecule has 0 saturated carbocycles. The van der Waals surface area contributed by atoms with E-state index in [0.29, 0.717) is 32.1 Å². The monoisotopic (exact) mass is 358 g/mol. The van der Waals surface area contributed by atoms with Crippen molar-refractivity contribution in [3.05, 3.63) is 69.3 Å². The van der Waals surface area contributed by atoms with Crippen LogP contribution >= 0.6 is 22.9 Å². The standard InChI is InChI=1S/C18H12ClFN2OS/c1-22(10-12-4-2-11(9-21)3-5-12)18(23)17-16(19)14-7-6-13(20)8-15(14)24-17/h2-8H,10H2,1H3. The van der Waals surface area contributed by atoms with Crippen LogP contribution in [0.2, 0.25) is 5.02 Å². The smallest absolute Gasteiger partial charge is 0.265 e. The molecule has 1 amide bonds. The summed E-state index contributed by atoms with van der Waals surface area (Å²) in [6.45, 7) is 0.392. The van der Waals surface area contributed by atoms with Crippen molar-refractivity contribution in [2.45, 2.75) is 6.54 Å². The predicted octanol–water partition coefficient (Wildman–Crippen LogP) is 4.84. The number of halogens is 2. The number of hydrogen-bond donors (Lipinski definition) is 0. The summed E-state index contributed by atoms with van der Waals surface area (Å²) < 4.78 is 14.0. The van der Waals surface area contributed by atoms with Crippen LogP contribution < -0.4 is 0 Å². The zero-order valence-electron chi connectivity index (χ0n) is 12.7. The lowest BCUT2D eigenvalue weighted by Crippen LogP contribution is -2.25. The zero-order chi connectivity index (χ0) is 17.3. The summed E-state index contributed by atoms with van der Waals surface area (Å²) in [6, 6.07) is 13.4. The Morgan fingerprint density at radius 3 is 2.67 bits per heavy atom. The molecule has 2 aromatic carbocycles. The molecule has 0 radical (unpaired) electrons. The Labute approximate surface area is 147 Å². The van der Waals surface area contributed by atoms with Crippen LogP contribution in [-0.4, -0.2) is 17.9 Å². The number of amides is 1. The molecule has 3 aromatic rings. The summed E-state index contributed by atoms with van der Waals surface area (Å²) in [5, 5.41) is 9.84. The fourth-order valence-corrected chi connectivity index (χ4v) is 3.91. The van der Waals surface area contributed by atoms with E-state index in [0.717, 1.165) is 5.56 Å². The molecule has 0 N–H and O–H groups in total. The summed E-state index contributed by atoms with van der Waals surface area (Å²) in [5.74, 6) is -0.573. The first-order valence-electron chi connectivity index (χ1n) is 7.11. The molecule has 0 atom stereocenters. The summed E-state index contributed by atoms with van der Waals surface area (Å²) in [4.78, 5) is 14.6. The minimum atomic E-state index is -0.356. The van der Waals surface area contributed by atoms with Crippen molar-refractivity contribution >= 4 is 38.9 Å². The number of nitrogens with zero attached hydrogens (tertiary/aromatic N) is 2. The van der Waals surface area contributed by atoms with E-state index in [-0.39, 0.29) is 11.7 Å². The molecule has 0 aliphatic heterocycles. The average molecular weight is 359 g/mol. The second-order valence-corrected chi connectivity index (χ2v) is 6.79. The average Bonchev–Trinajstić information content (AvgIpc) is 2.90. The molecule has 3 nitrogen and oxygen atoms in total. The number of benzene rings is 2. The van der Waals surface area contributed by atoms with Gasteiger partial charge in [-0.1, -0.05) is 23.7 Å². The van der Waals surface area contributed by atoms with Gasteiger partial charge in [0.05, 0.1) is 16.7 Å². The van der Waals surface area contributed by atoms with Gasteiger partial charge in [-0.3, -0.25) is 4.79 Å². The Kier molecular flexibility index (Phi) is 4.52. The van der Waals surface area contributed by atoms with Gasteiger partial charge in [-0.15, -0.1) is 11.3 Å². The first-order valence-corrected chi connectivity index (χ1v) is 8.31. The highest BCUT2D eigenvalue weighted by atomic mass is 35.5. The van der Waals surface area contributed by atoms with Gasteiger partial charge in [0.2, 0.25) is 0 Å². The van der Waals surface area contributed by atoms with Crippen LogP contribution in [0.3, 0.4) is 0 Å². The van der Waals surface area contributed by atoms with E-state index in [4.69, 9.17) is 16.9 Å². The highest BCUT2D eigenvalue weighted by molar-refractivity contribution is 7.21. The lowest BCUT2D eigenvalue weighted by Gasteiger charge is -2.16. The quantitative estimate of drug-likeness (QED) is 0.672.